The van der Waals surface area contributed by atoms with Crippen LogP contribution in [0.1, 0.15) is 12.0 Å². The van der Waals surface area contributed by atoms with Crippen LogP contribution in [-0.2, 0) is 11.2 Å². The fourth-order valence-corrected chi connectivity index (χ4v) is 4.05. The molecule has 0 saturated heterocycles. The lowest BCUT2D eigenvalue weighted by Gasteiger charge is -2.13. The monoisotopic (exact) mass is 515 g/mol. The molecular weight excluding hydrogens is 490 g/mol. The van der Waals surface area contributed by atoms with Gasteiger partial charge >= 0.3 is 0 Å². The summed E-state index contributed by atoms with van der Waals surface area (Å²) < 4.78 is 12.5. The Labute approximate surface area is 208 Å². The van der Waals surface area contributed by atoms with E-state index in [4.69, 9.17) is 9.47 Å². The van der Waals surface area contributed by atoms with Gasteiger partial charge in [-0.05, 0) is 69.7 Å². The van der Waals surface area contributed by atoms with E-state index in [-0.39, 0.29) is 12.5 Å². The van der Waals surface area contributed by atoms with Crippen molar-refractivity contribution in [3.05, 3.63) is 113 Å². The molecule has 172 valence electrons. The van der Waals surface area contributed by atoms with Crippen LogP contribution in [0.25, 0.3) is 11.1 Å². The molecule has 0 aliphatic rings. The summed E-state index contributed by atoms with van der Waals surface area (Å²) in [7, 11) is 0. The van der Waals surface area contributed by atoms with Crippen molar-refractivity contribution in [2.24, 2.45) is 0 Å². The van der Waals surface area contributed by atoms with Crippen molar-refractivity contribution in [1.29, 1.82) is 0 Å². The van der Waals surface area contributed by atoms with Gasteiger partial charge in [-0.1, -0.05) is 78.9 Å². The first kappa shape index (κ1) is 23.6. The second-order valence-corrected chi connectivity index (χ2v) is 8.64. The normalized spacial score (nSPS) is 10.5. The van der Waals surface area contributed by atoms with Crippen LogP contribution in [0, 0.1) is 0 Å². The summed E-state index contributed by atoms with van der Waals surface area (Å²) in [5.74, 6) is 1.01. The van der Waals surface area contributed by atoms with Crippen LogP contribution in [-0.4, -0.2) is 19.1 Å². The average molecular weight is 516 g/mol. The SMILES string of the molecule is O=C(COc1ccc(-c2ccccc2)cc1Br)Nc1ccccc1OCCCc1ccccc1. The summed E-state index contributed by atoms with van der Waals surface area (Å²) in [6.45, 7) is 0.463. The fourth-order valence-electron chi connectivity index (χ4n) is 3.56. The molecule has 0 unspecified atom stereocenters. The van der Waals surface area contributed by atoms with Gasteiger partial charge < -0.3 is 14.8 Å². The molecule has 1 N–H and O–H groups in total. The van der Waals surface area contributed by atoms with Gasteiger partial charge in [0.2, 0.25) is 0 Å². The molecule has 4 aromatic rings. The number of para-hydroxylation sites is 2. The number of carbonyl (C=O) groups is 1. The molecule has 34 heavy (non-hydrogen) atoms. The van der Waals surface area contributed by atoms with Crippen molar-refractivity contribution in [3.8, 4) is 22.6 Å². The van der Waals surface area contributed by atoms with Crippen LogP contribution in [0.3, 0.4) is 0 Å². The van der Waals surface area contributed by atoms with E-state index >= 15 is 0 Å². The summed E-state index contributed by atoms with van der Waals surface area (Å²) in [6.07, 6.45) is 1.84. The average Bonchev–Trinajstić information content (AvgIpc) is 2.88. The third-order valence-corrected chi connectivity index (χ3v) is 5.89. The number of aryl methyl sites for hydroxylation is 1. The quantitative estimate of drug-likeness (QED) is 0.228. The lowest BCUT2D eigenvalue weighted by atomic mass is 10.1. The molecule has 0 heterocycles. The molecule has 0 radical (unpaired) electrons. The van der Waals surface area contributed by atoms with Gasteiger partial charge in [-0.2, -0.15) is 0 Å². The summed E-state index contributed by atoms with van der Waals surface area (Å²) in [5.41, 5.74) is 4.11. The van der Waals surface area contributed by atoms with Crippen LogP contribution in [0.2, 0.25) is 0 Å². The zero-order valence-corrected chi connectivity index (χ0v) is 20.3. The number of nitrogens with one attached hydrogen (secondary N) is 1. The van der Waals surface area contributed by atoms with Gasteiger partial charge in [0.1, 0.15) is 11.5 Å². The Bertz CT molecular complexity index is 1210. The van der Waals surface area contributed by atoms with Crippen molar-refractivity contribution in [2.45, 2.75) is 12.8 Å². The Hall–Kier alpha value is -3.57. The first-order chi connectivity index (χ1) is 16.7. The molecule has 0 bridgehead atoms. The number of halogens is 1. The van der Waals surface area contributed by atoms with Gasteiger partial charge in [0, 0.05) is 0 Å². The number of amides is 1. The zero-order chi connectivity index (χ0) is 23.6. The largest absolute Gasteiger partial charge is 0.491 e. The minimum Gasteiger partial charge on any atom is -0.491 e. The van der Waals surface area contributed by atoms with Gasteiger partial charge in [0.25, 0.3) is 5.91 Å². The minimum absolute atomic E-state index is 0.106. The Morgan fingerprint density at radius 1 is 0.735 bits per heavy atom. The molecule has 0 aliphatic carbocycles. The fraction of sp³-hybridized carbons (Fsp3) is 0.138. The maximum absolute atomic E-state index is 12.5. The van der Waals surface area contributed by atoms with Crippen LogP contribution in [0.15, 0.2) is 108 Å². The Balaban J connectivity index is 1.28. The predicted octanol–water partition coefficient (Wildman–Crippen LogP) is 7.15. The highest BCUT2D eigenvalue weighted by molar-refractivity contribution is 9.10. The summed E-state index contributed by atoms with van der Waals surface area (Å²) in [4.78, 5) is 12.5. The first-order valence-electron chi connectivity index (χ1n) is 11.2. The molecule has 0 aliphatic heterocycles. The summed E-state index contributed by atoms with van der Waals surface area (Å²) in [6, 6.07) is 33.7. The highest BCUT2D eigenvalue weighted by atomic mass is 79.9. The molecule has 0 fully saturated rings. The second-order valence-electron chi connectivity index (χ2n) is 7.78. The van der Waals surface area contributed by atoms with Crippen molar-refractivity contribution < 1.29 is 14.3 Å². The van der Waals surface area contributed by atoms with Crippen molar-refractivity contribution in [1.82, 2.24) is 0 Å². The molecular formula is C29H26BrNO3. The van der Waals surface area contributed by atoms with Gasteiger partial charge in [-0.3, -0.25) is 4.79 Å². The molecule has 0 spiro atoms. The smallest absolute Gasteiger partial charge is 0.262 e. The maximum atomic E-state index is 12.5. The van der Waals surface area contributed by atoms with Crippen LogP contribution in [0.4, 0.5) is 5.69 Å². The number of hydrogen-bond donors (Lipinski definition) is 1. The molecule has 5 heteroatoms. The molecule has 0 atom stereocenters. The third kappa shape index (κ3) is 6.72. The lowest BCUT2D eigenvalue weighted by Crippen LogP contribution is -2.20. The number of rotatable bonds is 10. The molecule has 0 aromatic heterocycles. The highest BCUT2D eigenvalue weighted by Crippen LogP contribution is 2.31. The second kappa shape index (κ2) is 12.1. The molecule has 0 saturated carbocycles. The van der Waals surface area contributed by atoms with E-state index < -0.39 is 0 Å². The van der Waals surface area contributed by atoms with Gasteiger partial charge in [0.15, 0.2) is 6.61 Å². The Kier molecular flexibility index (Phi) is 8.36. The number of carbonyl (C=O) groups excluding carboxylic acids is 1. The van der Waals surface area contributed by atoms with E-state index in [1.807, 2.05) is 78.9 Å². The van der Waals surface area contributed by atoms with E-state index in [9.17, 15) is 4.79 Å². The van der Waals surface area contributed by atoms with E-state index in [0.717, 1.165) is 28.4 Å². The molecule has 1 amide bonds. The van der Waals surface area contributed by atoms with Gasteiger partial charge in [-0.15, -0.1) is 0 Å². The zero-order valence-electron chi connectivity index (χ0n) is 18.7. The van der Waals surface area contributed by atoms with Crippen LogP contribution in [0.5, 0.6) is 11.5 Å². The number of anilines is 1. The minimum atomic E-state index is -0.251. The van der Waals surface area contributed by atoms with E-state index in [2.05, 4.69) is 45.5 Å². The summed E-state index contributed by atoms with van der Waals surface area (Å²) in [5, 5.41) is 2.89. The number of ether oxygens (including phenoxy) is 2. The lowest BCUT2D eigenvalue weighted by molar-refractivity contribution is -0.118. The topological polar surface area (TPSA) is 47.6 Å². The molecule has 4 rings (SSSR count). The molecule has 4 aromatic carbocycles. The third-order valence-electron chi connectivity index (χ3n) is 5.27. The Morgan fingerprint density at radius 2 is 1.44 bits per heavy atom. The summed E-state index contributed by atoms with van der Waals surface area (Å²) >= 11 is 3.55. The van der Waals surface area contributed by atoms with Crippen LogP contribution >= 0.6 is 15.9 Å². The highest BCUT2D eigenvalue weighted by Gasteiger charge is 2.10. The maximum Gasteiger partial charge on any atom is 0.262 e. The van der Waals surface area contributed by atoms with Crippen molar-refractivity contribution >= 4 is 27.5 Å². The number of benzene rings is 4. The van der Waals surface area contributed by atoms with Crippen molar-refractivity contribution in [2.75, 3.05) is 18.5 Å². The first-order valence-corrected chi connectivity index (χ1v) is 12.0. The van der Waals surface area contributed by atoms with Gasteiger partial charge in [0.05, 0.1) is 16.8 Å². The van der Waals surface area contributed by atoms with Gasteiger partial charge in [-0.25, -0.2) is 0 Å². The van der Waals surface area contributed by atoms with Crippen molar-refractivity contribution in [3.63, 3.8) is 0 Å². The predicted molar refractivity (Wildman–Crippen MR) is 140 cm³/mol. The van der Waals surface area contributed by atoms with E-state index in [1.165, 1.54) is 5.56 Å². The standard InChI is InChI=1S/C29H26BrNO3/c30-25-20-24(23-13-5-2-6-14-23)17-18-27(25)34-21-29(32)31-26-15-7-8-16-28(26)33-19-9-12-22-10-3-1-4-11-22/h1-8,10-11,13-18,20H,9,12,19,21H2,(H,31,32). The Morgan fingerprint density at radius 3 is 2.21 bits per heavy atom. The molecule has 4 nitrogen and oxygen atoms in total. The number of hydrogen-bond acceptors (Lipinski definition) is 3. The van der Waals surface area contributed by atoms with Crippen LogP contribution < -0.4 is 14.8 Å². The van der Waals surface area contributed by atoms with E-state index in [0.29, 0.717) is 23.8 Å². The van der Waals surface area contributed by atoms with E-state index in [1.54, 1.807) is 0 Å².